The van der Waals surface area contributed by atoms with Crippen molar-refractivity contribution in [3.63, 3.8) is 0 Å². The fraction of sp³-hybridized carbons (Fsp3) is 0.269. The van der Waals surface area contributed by atoms with Crippen LogP contribution in [-0.4, -0.2) is 40.9 Å². The van der Waals surface area contributed by atoms with E-state index in [9.17, 15) is 5.26 Å². The van der Waals surface area contributed by atoms with Crippen molar-refractivity contribution in [3.8, 4) is 40.1 Å². The van der Waals surface area contributed by atoms with Gasteiger partial charge in [0, 0.05) is 35.5 Å². The number of benzene rings is 2. The van der Waals surface area contributed by atoms with E-state index in [1.54, 1.807) is 26.6 Å². The number of nitrogens with one attached hydrogen (secondary N) is 1. The third kappa shape index (κ3) is 4.20. The predicted molar refractivity (Wildman–Crippen MR) is 130 cm³/mol. The summed E-state index contributed by atoms with van der Waals surface area (Å²) in [7, 11) is 3.21. The molecule has 8 heteroatoms. The highest BCUT2D eigenvalue weighted by Gasteiger charge is 2.21. The van der Waals surface area contributed by atoms with Gasteiger partial charge in [-0.25, -0.2) is 9.97 Å². The molecule has 2 heterocycles. The van der Waals surface area contributed by atoms with Crippen LogP contribution in [0.2, 0.25) is 0 Å². The smallest absolute Gasteiger partial charge is 0.240 e. The zero-order valence-corrected chi connectivity index (χ0v) is 19.1. The lowest BCUT2D eigenvalue weighted by Crippen LogP contribution is -2.07. The Bertz CT molecular complexity index is 1390. The summed E-state index contributed by atoms with van der Waals surface area (Å²) < 4.78 is 11.1. The molecule has 8 nitrogen and oxygen atoms in total. The molecule has 0 unspecified atom stereocenters. The second-order valence-corrected chi connectivity index (χ2v) is 8.26. The number of hydrogen-bond donors (Lipinski definition) is 1. The molecule has 0 amide bonds. The van der Waals surface area contributed by atoms with Gasteiger partial charge in [0.25, 0.3) is 0 Å². The fourth-order valence-electron chi connectivity index (χ4n) is 4.09. The molecule has 1 saturated carbocycles. The Morgan fingerprint density at radius 2 is 1.82 bits per heavy atom. The average molecular weight is 453 g/mol. The van der Waals surface area contributed by atoms with Crippen LogP contribution in [-0.2, 0) is 0 Å². The SMILES string of the molecule is COc1cc(-c2nccnc2OC)ccc1-c1ccc2c(NCCC3CC3)c(C#N)nnc2c1. The van der Waals surface area contributed by atoms with Crippen molar-refractivity contribution < 1.29 is 9.47 Å². The monoisotopic (exact) mass is 452 g/mol. The van der Waals surface area contributed by atoms with E-state index in [0.717, 1.165) is 46.6 Å². The lowest BCUT2D eigenvalue weighted by molar-refractivity contribution is 0.397. The first-order chi connectivity index (χ1) is 16.7. The van der Waals surface area contributed by atoms with Crippen molar-refractivity contribution in [2.45, 2.75) is 19.3 Å². The minimum Gasteiger partial charge on any atom is -0.496 e. The number of aromatic nitrogens is 4. The molecule has 34 heavy (non-hydrogen) atoms. The molecular weight excluding hydrogens is 428 g/mol. The third-order valence-corrected chi connectivity index (χ3v) is 6.06. The summed E-state index contributed by atoms with van der Waals surface area (Å²) in [5, 5.41) is 22.3. The largest absolute Gasteiger partial charge is 0.496 e. The van der Waals surface area contributed by atoms with Gasteiger partial charge in [0.1, 0.15) is 17.5 Å². The van der Waals surface area contributed by atoms with Crippen LogP contribution in [0.5, 0.6) is 11.6 Å². The maximum atomic E-state index is 9.53. The van der Waals surface area contributed by atoms with Crippen molar-refractivity contribution in [1.29, 1.82) is 5.26 Å². The highest BCUT2D eigenvalue weighted by molar-refractivity contribution is 5.95. The lowest BCUT2D eigenvalue weighted by Gasteiger charge is -2.14. The van der Waals surface area contributed by atoms with Crippen molar-refractivity contribution >= 4 is 16.6 Å². The Morgan fingerprint density at radius 3 is 2.59 bits per heavy atom. The van der Waals surface area contributed by atoms with E-state index in [2.05, 4.69) is 31.6 Å². The van der Waals surface area contributed by atoms with Crippen LogP contribution >= 0.6 is 0 Å². The van der Waals surface area contributed by atoms with Crippen LogP contribution in [0.15, 0.2) is 48.8 Å². The number of methoxy groups -OCH3 is 2. The molecule has 0 atom stereocenters. The van der Waals surface area contributed by atoms with E-state index in [1.807, 2.05) is 36.4 Å². The standard InChI is InChI=1S/C26H24N6O2/c1-33-23-14-18(24-26(34-2)30-12-11-29-24)6-7-19(23)17-5-8-20-21(13-17)31-32-22(15-27)25(20)28-10-9-16-3-4-16/h5-8,11-14,16H,3-4,9-10H2,1-2H3,(H,28,31). The van der Waals surface area contributed by atoms with Crippen LogP contribution in [0.1, 0.15) is 25.0 Å². The molecule has 4 aromatic rings. The molecule has 2 aromatic heterocycles. The molecule has 1 aliphatic rings. The minimum atomic E-state index is 0.316. The van der Waals surface area contributed by atoms with E-state index < -0.39 is 0 Å². The maximum Gasteiger partial charge on any atom is 0.240 e. The first kappa shape index (κ1) is 21.6. The fourth-order valence-corrected chi connectivity index (χ4v) is 4.09. The Morgan fingerprint density at radius 1 is 1.00 bits per heavy atom. The van der Waals surface area contributed by atoms with E-state index in [4.69, 9.17) is 9.47 Å². The summed E-state index contributed by atoms with van der Waals surface area (Å²) in [6.07, 6.45) is 6.93. The second-order valence-electron chi connectivity index (χ2n) is 8.26. The molecule has 0 bridgehead atoms. The van der Waals surface area contributed by atoms with Gasteiger partial charge >= 0.3 is 0 Å². The van der Waals surface area contributed by atoms with E-state index in [1.165, 1.54) is 12.8 Å². The zero-order chi connectivity index (χ0) is 23.5. The molecule has 170 valence electrons. The van der Waals surface area contributed by atoms with E-state index in [-0.39, 0.29) is 0 Å². The summed E-state index contributed by atoms with van der Waals surface area (Å²) in [4.78, 5) is 8.64. The summed E-state index contributed by atoms with van der Waals surface area (Å²) in [6.45, 7) is 0.822. The van der Waals surface area contributed by atoms with Gasteiger partial charge in [-0.15, -0.1) is 10.2 Å². The summed E-state index contributed by atoms with van der Waals surface area (Å²) in [5.41, 5.74) is 5.10. The van der Waals surface area contributed by atoms with Gasteiger partial charge in [-0.1, -0.05) is 25.0 Å². The van der Waals surface area contributed by atoms with Gasteiger partial charge in [-0.05, 0) is 42.2 Å². The lowest BCUT2D eigenvalue weighted by atomic mass is 9.99. The molecule has 5 rings (SSSR count). The van der Waals surface area contributed by atoms with Gasteiger partial charge < -0.3 is 14.8 Å². The summed E-state index contributed by atoms with van der Waals surface area (Å²) in [5.74, 6) is 1.95. The summed E-state index contributed by atoms with van der Waals surface area (Å²) >= 11 is 0. The third-order valence-electron chi connectivity index (χ3n) is 6.06. The average Bonchev–Trinajstić information content (AvgIpc) is 3.72. The Hall–Kier alpha value is -4.25. The molecule has 0 aliphatic heterocycles. The minimum absolute atomic E-state index is 0.316. The Labute approximate surface area is 197 Å². The first-order valence-corrected chi connectivity index (χ1v) is 11.2. The van der Waals surface area contributed by atoms with E-state index in [0.29, 0.717) is 28.5 Å². The highest BCUT2D eigenvalue weighted by Crippen LogP contribution is 2.37. The van der Waals surface area contributed by atoms with Gasteiger partial charge in [-0.3, -0.25) is 0 Å². The topological polar surface area (TPSA) is 106 Å². The van der Waals surface area contributed by atoms with Crippen LogP contribution in [0, 0.1) is 17.2 Å². The molecule has 0 saturated heterocycles. The van der Waals surface area contributed by atoms with Crippen molar-refractivity contribution in [3.05, 3.63) is 54.5 Å². The van der Waals surface area contributed by atoms with Crippen molar-refractivity contribution in [2.24, 2.45) is 5.92 Å². The number of hydrogen-bond acceptors (Lipinski definition) is 8. The summed E-state index contributed by atoms with van der Waals surface area (Å²) in [6, 6.07) is 14.0. The van der Waals surface area contributed by atoms with Crippen molar-refractivity contribution in [1.82, 2.24) is 20.2 Å². The number of ether oxygens (including phenoxy) is 2. The molecule has 1 N–H and O–H groups in total. The molecule has 0 spiro atoms. The van der Waals surface area contributed by atoms with Crippen LogP contribution in [0.25, 0.3) is 33.3 Å². The molecule has 2 aromatic carbocycles. The van der Waals surface area contributed by atoms with Gasteiger partial charge in [-0.2, -0.15) is 5.26 Å². The van der Waals surface area contributed by atoms with Crippen LogP contribution in [0.4, 0.5) is 5.69 Å². The van der Waals surface area contributed by atoms with Crippen LogP contribution < -0.4 is 14.8 Å². The molecule has 1 fully saturated rings. The highest BCUT2D eigenvalue weighted by atomic mass is 16.5. The van der Waals surface area contributed by atoms with Crippen molar-refractivity contribution in [2.75, 3.05) is 26.1 Å². The van der Waals surface area contributed by atoms with Gasteiger partial charge in [0.2, 0.25) is 5.88 Å². The maximum absolute atomic E-state index is 9.53. The number of anilines is 1. The Balaban J connectivity index is 1.51. The van der Waals surface area contributed by atoms with Crippen LogP contribution in [0.3, 0.4) is 0 Å². The number of rotatable bonds is 8. The zero-order valence-electron chi connectivity index (χ0n) is 19.1. The molecular formula is C26H24N6O2. The van der Waals surface area contributed by atoms with Gasteiger partial charge in [0.15, 0.2) is 5.69 Å². The van der Waals surface area contributed by atoms with Gasteiger partial charge in [0.05, 0.1) is 25.4 Å². The quantitative estimate of drug-likeness (QED) is 0.404. The van der Waals surface area contributed by atoms with E-state index >= 15 is 0 Å². The molecule has 1 aliphatic carbocycles. The second kappa shape index (κ2) is 9.32. The number of fused-ring (bicyclic) bond motifs is 1. The number of nitriles is 1. The normalized spacial score (nSPS) is 12.9. The first-order valence-electron chi connectivity index (χ1n) is 11.2. The molecule has 0 radical (unpaired) electrons. The predicted octanol–water partition coefficient (Wildman–Crippen LogP) is 4.85. The number of nitrogens with zero attached hydrogens (tertiary/aromatic N) is 5. The Kier molecular flexibility index (Phi) is 5.91.